The van der Waals surface area contributed by atoms with Crippen LogP contribution >= 0.6 is 0 Å². The summed E-state index contributed by atoms with van der Waals surface area (Å²) in [4.78, 5) is 0. The average molecular weight is 284 g/mol. The largest absolute Gasteiger partial charge is 0.393 e. The van der Waals surface area contributed by atoms with Gasteiger partial charge in [-0.05, 0) is 43.2 Å². The minimum absolute atomic E-state index is 0.434. The second kappa shape index (κ2) is 8.60. The number of hydrogen-bond donors (Lipinski definition) is 2. The summed E-state index contributed by atoms with van der Waals surface area (Å²) in [5.74, 6) is 0. The Morgan fingerprint density at radius 1 is 0.619 bits per heavy atom. The van der Waals surface area contributed by atoms with Gasteiger partial charge in [-0.1, -0.05) is 60.7 Å². The average Bonchev–Trinajstić information content (AvgIpc) is 2.53. The van der Waals surface area contributed by atoms with Gasteiger partial charge in [-0.3, -0.25) is 0 Å². The first kappa shape index (κ1) is 15.7. The molecule has 2 rings (SSSR count). The summed E-state index contributed by atoms with van der Waals surface area (Å²) in [6.45, 7) is 0. The molecule has 112 valence electrons. The van der Waals surface area contributed by atoms with Crippen LogP contribution in [0.25, 0.3) is 0 Å². The summed E-state index contributed by atoms with van der Waals surface area (Å²) in [6, 6.07) is 20.3. The van der Waals surface area contributed by atoms with Gasteiger partial charge in [0.2, 0.25) is 0 Å². The van der Waals surface area contributed by atoms with Gasteiger partial charge in [0, 0.05) is 0 Å². The minimum atomic E-state index is -0.434. The molecule has 0 spiro atoms. The van der Waals surface area contributed by atoms with Crippen LogP contribution in [0, 0.1) is 0 Å². The van der Waals surface area contributed by atoms with E-state index >= 15 is 0 Å². The summed E-state index contributed by atoms with van der Waals surface area (Å²) in [6.07, 6.45) is 2.70. The zero-order valence-electron chi connectivity index (χ0n) is 12.4. The van der Waals surface area contributed by atoms with Gasteiger partial charge in [0.05, 0.1) is 12.2 Å². The van der Waals surface area contributed by atoms with Crippen molar-refractivity contribution in [3.8, 4) is 0 Å². The van der Waals surface area contributed by atoms with Gasteiger partial charge in [-0.2, -0.15) is 0 Å². The van der Waals surface area contributed by atoms with Crippen LogP contribution in [0.3, 0.4) is 0 Å². The van der Waals surface area contributed by atoms with Crippen molar-refractivity contribution in [3.05, 3.63) is 71.8 Å². The predicted octanol–water partition coefficient (Wildman–Crippen LogP) is 3.36. The summed E-state index contributed by atoms with van der Waals surface area (Å²) in [7, 11) is 0. The molecular weight excluding hydrogens is 260 g/mol. The molecule has 0 aliphatic carbocycles. The van der Waals surface area contributed by atoms with Crippen LogP contribution in [0.15, 0.2) is 60.7 Å². The third-order valence-corrected chi connectivity index (χ3v) is 3.76. The summed E-state index contributed by atoms with van der Waals surface area (Å²) in [5, 5.41) is 20.0. The molecule has 0 aromatic heterocycles. The lowest BCUT2D eigenvalue weighted by atomic mass is 9.99. The lowest BCUT2D eigenvalue weighted by Crippen LogP contribution is -2.19. The number of rotatable bonds is 8. The van der Waals surface area contributed by atoms with Crippen LogP contribution in [0.2, 0.25) is 0 Å². The second-order valence-corrected chi connectivity index (χ2v) is 5.59. The second-order valence-electron chi connectivity index (χ2n) is 5.59. The highest BCUT2D eigenvalue weighted by atomic mass is 16.3. The molecule has 2 heteroatoms. The van der Waals surface area contributed by atoms with Crippen molar-refractivity contribution in [1.82, 2.24) is 0 Å². The van der Waals surface area contributed by atoms with Crippen molar-refractivity contribution < 1.29 is 10.2 Å². The Labute approximate surface area is 127 Å². The smallest absolute Gasteiger partial charge is 0.0568 e. The van der Waals surface area contributed by atoms with E-state index in [1.54, 1.807) is 0 Å². The molecule has 0 saturated carbocycles. The van der Waals surface area contributed by atoms with Crippen molar-refractivity contribution in [2.24, 2.45) is 0 Å². The minimum Gasteiger partial charge on any atom is -0.393 e. The molecule has 2 atom stereocenters. The summed E-state index contributed by atoms with van der Waals surface area (Å²) in [5.41, 5.74) is 2.46. The Morgan fingerprint density at radius 2 is 1.00 bits per heavy atom. The fourth-order valence-corrected chi connectivity index (χ4v) is 2.51. The van der Waals surface area contributed by atoms with Gasteiger partial charge in [0.25, 0.3) is 0 Å². The van der Waals surface area contributed by atoms with Gasteiger partial charge >= 0.3 is 0 Å². The van der Waals surface area contributed by atoms with E-state index < -0.39 is 12.2 Å². The standard InChI is InChI=1S/C19H24O2/c20-18(13-11-16-7-3-1-4-8-16)15-19(21)14-12-17-9-5-2-6-10-17/h1-10,18-21H,11-15H2/t18-,19-/m0/s1. The van der Waals surface area contributed by atoms with E-state index in [4.69, 9.17) is 0 Å². The fourth-order valence-electron chi connectivity index (χ4n) is 2.51. The van der Waals surface area contributed by atoms with Crippen LogP contribution in [-0.4, -0.2) is 22.4 Å². The highest BCUT2D eigenvalue weighted by Gasteiger charge is 2.12. The molecule has 21 heavy (non-hydrogen) atoms. The monoisotopic (exact) mass is 284 g/mol. The van der Waals surface area contributed by atoms with Crippen molar-refractivity contribution in [2.75, 3.05) is 0 Å². The van der Waals surface area contributed by atoms with Gasteiger partial charge in [-0.25, -0.2) is 0 Å². The fraction of sp³-hybridized carbons (Fsp3) is 0.368. The highest BCUT2D eigenvalue weighted by Crippen LogP contribution is 2.12. The first-order valence-electron chi connectivity index (χ1n) is 7.68. The lowest BCUT2D eigenvalue weighted by Gasteiger charge is -2.15. The Kier molecular flexibility index (Phi) is 6.45. The molecule has 0 bridgehead atoms. The molecule has 0 radical (unpaired) electrons. The number of hydrogen-bond acceptors (Lipinski definition) is 2. The maximum absolute atomic E-state index is 10.0. The van der Waals surface area contributed by atoms with Gasteiger partial charge < -0.3 is 10.2 Å². The topological polar surface area (TPSA) is 40.5 Å². The summed E-state index contributed by atoms with van der Waals surface area (Å²) < 4.78 is 0. The third kappa shape index (κ3) is 6.11. The molecule has 0 heterocycles. The lowest BCUT2D eigenvalue weighted by molar-refractivity contribution is 0.0714. The molecule has 2 aromatic rings. The van der Waals surface area contributed by atoms with Gasteiger partial charge in [0.1, 0.15) is 0 Å². The van der Waals surface area contributed by atoms with E-state index in [2.05, 4.69) is 24.3 Å². The Balaban J connectivity index is 1.66. The van der Waals surface area contributed by atoms with E-state index in [1.165, 1.54) is 11.1 Å². The van der Waals surface area contributed by atoms with Crippen LogP contribution in [0.4, 0.5) is 0 Å². The SMILES string of the molecule is O[C@@H](CCc1ccccc1)C[C@@H](O)CCc1ccccc1. The third-order valence-electron chi connectivity index (χ3n) is 3.76. The van der Waals surface area contributed by atoms with Crippen molar-refractivity contribution in [1.29, 1.82) is 0 Å². The van der Waals surface area contributed by atoms with Gasteiger partial charge in [-0.15, -0.1) is 0 Å². The maximum Gasteiger partial charge on any atom is 0.0568 e. The number of aliphatic hydroxyl groups excluding tert-OH is 2. The quantitative estimate of drug-likeness (QED) is 0.780. The molecular formula is C19H24O2. The number of benzene rings is 2. The molecule has 2 nitrogen and oxygen atoms in total. The van der Waals surface area contributed by atoms with Gasteiger partial charge in [0.15, 0.2) is 0 Å². The maximum atomic E-state index is 10.0. The first-order valence-corrected chi connectivity index (χ1v) is 7.68. The van der Waals surface area contributed by atoms with Crippen LogP contribution < -0.4 is 0 Å². The normalized spacial score (nSPS) is 13.8. The summed E-state index contributed by atoms with van der Waals surface area (Å²) >= 11 is 0. The predicted molar refractivity (Wildman–Crippen MR) is 86.2 cm³/mol. The number of aliphatic hydroxyl groups is 2. The first-order chi connectivity index (χ1) is 10.2. The highest BCUT2D eigenvalue weighted by molar-refractivity contribution is 5.15. The van der Waals surface area contributed by atoms with Crippen molar-refractivity contribution >= 4 is 0 Å². The molecule has 0 aliphatic heterocycles. The zero-order valence-corrected chi connectivity index (χ0v) is 12.4. The van der Waals surface area contributed by atoms with E-state index in [0.717, 1.165) is 12.8 Å². The van der Waals surface area contributed by atoms with Crippen molar-refractivity contribution in [3.63, 3.8) is 0 Å². The van der Waals surface area contributed by atoms with E-state index in [-0.39, 0.29) is 0 Å². The van der Waals surface area contributed by atoms with Crippen LogP contribution in [-0.2, 0) is 12.8 Å². The molecule has 0 unspecified atom stereocenters. The molecule has 0 saturated heterocycles. The zero-order chi connectivity index (χ0) is 14.9. The molecule has 0 aliphatic rings. The molecule has 0 fully saturated rings. The van der Waals surface area contributed by atoms with Crippen molar-refractivity contribution in [2.45, 2.75) is 44.3 Å². The molecule has 2 aromatic carbocycles. The van der Waals surface area contributed by atoms with E-state index in [9.17, 15) is 10.2 Å². The Hall–Kier alpha value is -1.64. The van der Waals surface area contributed by atoms with Crippen LogP contribution in [0.1, 0.15) is 30.4 Å². The molecule has 0 amide bonds. The Morgan fingerprint density at radius 3 is 1.38 bits per heavy atom. The number of aryl methyl sites for hydroxylation is 2. The van der Waals surface area contributed by atoms with E-state index in [0.29, 0.717) is 19.3 Å². The van der Waals surface area contributed by atoms with Crippen LogP contribution in [0.5, 0.6) is 0 Å². The Bertz CT molecular complexity index is 448. The van der Waals surface area contributed by atoms with E-state index in [1.807, 2.05) is 36.4 Å². The molecule has 2 N–H and O–H groups in total.